The lowest BCUT2D eigenvalue weighted by Crippen LogP contribution is -2.20. The summed E-state index contributed by atoms with van der Waals surface area (Å²) in [7, 11) is 0. The Labute approximate surface area is 215 Å². The number of aryl methyl sites for hydroxylation is 1. The van der Waals surface area contributed by atoms with E-state index in [-0.39, 0.29) is 11.5 Å². The molecule has 4 aromatic carbocycles. The number of hydrogen-bond donors (Lipinski definition) is 1. The summed E-state index contributed by atoms with van der Waals surface area (Å²) in [5.41, 5.74) is 8.26. The van der Waals surface area contributed by atoms with Crippen molar-refractivity contribution in [2.45, 2.75) is 45.6 Å². The third kappa shape index (κ3) is 4.77. The van der Waals surface area contributed by atoms with Crippen LogP contribution in [0.25, 0.3) is 22.0 Å². The molecule has 2 nitrogen and oxygen atoms in total. The van der Waals surface area contributed by atoms with Gasteiger partial charge in [-0.15, -0.1) is 0 Å². The highest BCUT2D eigenvalue weighted by molar-refractivity contribution is 5.95. The van der Waals surface area contributed by atoms with Crippen LogP contribution in [0.1, 0.15) is 56.1 Å². The third-order valence-corrected chi connectivity index (χ3v) is 6.89. The predicted octanol–water partition coefficient (Wildman–Crippen LogP) is 8.96. The van der Waals surface area contributed by atoms with Crippen LogP contribution in [-0.4, -0.2) is 4.98 Å². The zero-order chi connectivity index (χ0) is 25.1. The lowest BCUT2D eigenvalue weighted by molar-refractivity contribution is 0.590. The van der Waals surface area contributed by atoms with Gasteiger partial charge in [-0.25, -0.2) is 0 Å². The first kappa shape index (κ1) is 23.8. The molecule has 1 heterocycles. The van der Waals surface area contributed by atoms with Gasteiger partial charge in [-0.05, 0) is 51.4 Å². The largest absolute Gasteiger partial charge is 0.372 e. The van der Waals surface area contributed by atoms with Crippen molar-refractivity contribution in [3.8, 4) is 11.3 Å². The summed E-state index contributed by atoms with van der Waals surface area (Å²) in [6, 6.07) is 38.6. The monoisotopic (exact) mass is 470 g/mol. The first-order valence-electron chi connectivity index (χ1n) is 12.8. The van der Waals surface area contributed by atoms with Crippen LogP contribution in [-0.2, 0) is 11.8 Å². The summed E-state index contributed by atoms with van der Waals surface area (Å²) in [4.78, 5) is 5.25. The molecule has 1 N–H and O–H groups in total. The molecule has 0 aliphatic rings. The molecule has 0 amide bonds. The second kappa shape index (κ2) is 9.99. The van der Waals surface area contributed by atoms with Crippen LogP contribution in [0.15, 0.2) is 109 Å². The number of nitrogens with zero attached hydrogens (tertiary/aromatic N) is 1. The Balaban J connectivity index is 1.65. The minimum Gasteiger partial charge on any atom is -0.372 e. The fraction of sp³-hybridized carbons (Fsp3) is 0.206. The third-order valence-electron chi connectivity index (χ3n) is 6.89. The molecular formula is C34H34N2. The van der Waals surface area contributed by atoms with E-state index in [1.54, 1.807) is 0 Å². The smallest absolute Gasteiger partial charge is 0.0940 e. The van der Waals surface area contributed by atoms with Crippen molar-refractivity contribution in [3.63, 3.8) is 0 Å². The van der Waals surface area contributed by atoms with E-state index in [4.69, 9.17) is 4.98 Å². The average molecular weight is 471 g/mol. The average Bonchev–Trinajstić information content (AvgIpc) is 2.91. The zero-order valence-corrected chi connectivity index (χ0v) is 21.6. The van der Waals surface area contributed by atoms with Crippen molar-refractivity contribution < 1.29 is 0 Å². The highest BCUT2D eigenvalue weighted by Gasteiger charge is 2.24. The lowest BCUT2D eigenvalue weighted by Gasteiger charge is -2.29. The fourth-order valence-corrected chi connectivity index (χ4v) is 5.02. The van der Waals surface area contributed by atoms with E-state index in [2.05, 4.69) is 142 Å². The number of fused-ring (bicyclic) bond motifs is 1. The molecule has 180 valence electrons. The van der Waals surface area contributed by atoms with Gasteiger partial charge in [-0.3, -0.25) is 4.98 Å². The summed E-state index contributed by atoms with van der Waals surface area (Å²) in [6.07, 6.45) is 0.969. The summed E-state index contributed by atoms with van der Waals surface area (Å²) in [5.74, 6) is 0. The summed E-state index contributed by atoms with van der Waals surface area (Å²) >= 11 is 0. The summed E-state index contributed by atoms with van der Waals surface area (Å²) < 4.78 is 0. The highest BCUT2D eigenvalue weighted by atomic mass is 15.0. The number of benzene rings is 4. The molecule has 1 unspecified atom stereocenters. The topological polar surface area (TPSA) is 24.9 Å². The van der Waals surface area contributed by atoms with Crippen LogP contribution in [0.5, 0.6) is 0 Å². The van der Waals surface area contributed by atoms with Gasteiger partial charge in [-0.2, -0.15) is 0 Å². The van der Waals surface area contributed by atoms with E-state index in [1.165, 1.54) is 33.2 Å². The molecule has 0 spiro atoms. The summed E-state index contributed by atoms with van der Waals surface area (Å²) in [6.45, 7) is 9.07. The van der Waals surface area contributed by atoms with Crippen molar-refractivity contribution in [1.29, 1.82) is 0 Å². The van der Waals surface area contributed by atoms with Gasteiger partial charge in [-0.1, -0.05) is 125 Å². The Bertz CT molecular complexity index is 1470. The molecule has 36 heavy (non-hydrogen) atoms. The molecular weight excluding hydrogens is 436 g/mol. The van der Waals surface area contributed by atoms with E-state index >= 15 is 0 Å². The van der Waals surface area contributed by atoms with Crippen LogP contribution < -0.4 is 5.32 Å². The van der Waals surface area contributed by atoms with Crippen LogP contribution in [0.2, 0.25) is 0 Å². The van der Waals surface area contributed by atoms with Crippen molar-refractivity contribution in [1.82, 2.24) is 4.98 Å². The van der Waals surface area contributed by atoms with E-state index in [1.807, 2.05) is 0 Å². The number of anilines is 1. The predicted molar refractivity (Wildman–Crippen MR) is 154 cm³/mol. The fourth-order valence-electron chi connectivity index (χ4n) is 5.02. The quantitative estimate of drug-likeness (QED) is 0.268. The Kier molecular flexibility index (Phi) is 6.61. The minimum atomic E-state index is -0.0741. The van der Waals surface area contributed by atoms with E-state index < -0.39 is 0 Å². The number of hydrogen-bond acceptors (Lipinski definition) is 2. The minimum absolute atomic E-state index is 0.0208. The normalized spacial score (nSPS) is 12.4. The van der Waals surface area contributed by atoms with Crippen LogP contribution in [0.4, 0.5) is 5.69 Å². The van der Waals surface area contributed by atoms with Crippen molar-refractivity contribution in [2.24, 2.45) is 0 Å². The van der Waals surface area contributed by atoms with E-state index in [9.17, 15) is 0 Å². The maximum Gasteiger partial charge on any atom is 0.0940 e. The van der Waals surface area contributed by atoms with E-state index in [0.717, 1.165) is 23.4 Å². The first-order valence-corrected chi connectivity index (χ1v) is 12.8. The molecule has 5 rings (SSSR count). The Hall–Kier alpha value is -3.91. The Morgan fingerprint density at radius 2 is 1.42 bits per heavy atom. The zero-order valence-electron chi connectivity index (χ0n) is 21.6. The van der Waals surface area contributed by atoms with Crippen LogP contribution >= 0.6 is 0 Å². The molecule has 0 aliphatic carbocycles. The number of aromatic nitrogens is 1. The molecule has 0 saturated carbocycles. The second-order valence-electron chi connectivity index (χ2n) is 10.4. The molecule has 0 radical (unpaired) electrons. The maximum absolute atomic E-state index is 5.25. The van der Waals surface area contributed by atoms with Crippen LogP contribution in [0.3, 0.4) is 0 Å². The van der Waals surface area contributed by atoms with Gasteiger partial charge in [0.1, 0.15) is 0 Å². The number of nitrogens with one attached hydrogen (secondary N) is 1. The highest BCUT2D eigenvalue weighted by Crippen LogP contribution is 2.37. The standard InChI is InChI=1S/C34H34N2/c1-5-24-17-12-21-29(34(2,3)4)32(24)36-33(26-15-7-6-8-16-26)31-23-13-22-30(35-31)28-20-11-18-25-14-9-10-19-27(25)28/h6-23,33,36H,5H2,1-4H3. The summed E-state index contributed by atoms with van der Waals surface area (Å²) in [5, 5.41) is 6.41. The molecule has 0 aliphatic heterocycles. The van der Waals surface area contributed by atoms with E-state index in [0.29, 0.717) is 0 Å². The molecule has 2 heteroatoms. The second-order valence-corrected chi connectivity index (χ2v) is 10.4. The Morgan fingerprint density at radius 3 is 2.19 bits per heavy atom. The van der Waals surface area contributed by atoms with Gasteiger partial charge >= 0.3 is 0 Å². The number of pyridine rings is 1. The van der Waals surface area contributed by atoms with Gasteiger partial charge in [0.05, 0.1) is 17.4 Å². The van der Waals surface area contributed by atoms with Gasteiger partial charge < -0.3 is 5.32 Å². The molecule has 0 saturated heterocycles. The number of rotatable bonds is 6. The lowest BCUT2D eigenvalue weighted by atomic mass is 9.83. The van der Waals surface area contributed by atoms with Gasteiger partial charge in [0.25, 0.3) is 0 Å². The van der Waals surface area contributed by atoms with Gasteiger partial charge in [0, 0.05) is 11.3 Å². The number of para-hydroxylation sites is 1. The van der Waals surface area contributed by atoms with Crippen LogP contribution in [0, 0.1) is 0 Å². The first-order chi connectivity index (χ1) is 17.5. The van der Waals surface area contributed by atoms with Crippen molar-refractivity contribution in [2.75, 3.05) is 5.32 Å². The van der Waals surface area contributed by atoms with Crippen molar-refractivity contribution in [3.05, 3.63) is 132 Å². The van der Waals surface area contributed by atoms with Crippen molar-refractivity contribution >= 4 is 16.5 Å². The van der Waals surface area contributed by atoms with Gasteiger partial charge in [0.15, 0.2) is 0 Å². The Morgan fingerprint density at radius 1 is 0.722 bits per heavy atom. The molecule has 1 atom stereocenters. The molecule has 0 bridgehead atoms. The molecule has 5 aromatic rings. The maximum atomic E-state index is 5.25. The SMILES string of the molecule is CCc1cccc(C(C)(C)C)c1NC(c1ccccc1)c1cccc(-c2cccc3ccccc23)n1. The molecule has 0 fully saturated rings. The molecule has 1 aromatic heterocycles. The van der Waals surface area contributed by atoms with Gasteiger partial charge in [0.2, 0.25) is 0 Å².